The number of esters is 1. The van der Waals surface area contributed by atoms with Gasteiger partial charge in [0.25, 0.3) is 5.69 Å². The van der Waals surface area contributed by atoms with Crippen LogP contribution in [0.1, 0.15) is 6.92 Å². The van der Waals surface area contributed by atoms with Gasteiger partial charge in [-0.25, -0.2) is 4.79 Å². The Labute approximate surface area is 222 Å². The number of nitro groups is 1. The van der Waals surface area contributed by atoms with Gasteiger partial charge in [0.15, 0.2) is 6.10 Å². The summed E-state index contributed by atoms with van der Waals surface area (Å²) in [6.45, 7) is 1.58. The third-order valence-corrected chi connectivity index (χ3v) is 5.47. The van der Waals surface area contributed by atoms with Crippen molar-refractivity contribution in [3.63, 3.8) is 0 Å². The van der Waals surface area contributed by atoms with E-state index in [9.17, 15) is 14.9 Å². The molecule has 0 saturated heterocycles. The molecule has 1 unspecified atom stereocenters. The molecule has 4 rings (SSSR count). The fourth-order valence-electron chi connectivity index (χ4n) is 3.09. The van der Waals surface area contributed by atoms with E-state index in [0.29, 0.717) is 39.5 Å². The lowest BCUT2D eigenvalue weighted by Gasteiger charge is -2.14. The van der Waals surface area contributed by atoms with Gasteiger partial charge in [0.05, 0.1) is 4.92 Å². The number of halogens is 2. The Balaban J connectivity index is 1.29. The first-order chi connectivity index (χ1) is 17.8. The third kappa shape index (κ3) is 7.13. The summed E-state index contributed by atoms with van der Waals surface area (Å²) in [5.74, 6) is 2.17. The molecule has 188 valence electrons. The van der Waals surface area contributed by atoms with Crippen LogP contribution in [-0.4, -0.2) is 17.0 Å². The molecule has 0 heterocycles. The van der Waals surface area contributed by atoms with Gasteiger partial charge in [-0.1, -0.05) is 23.2 Å². The average Bonchev–Trinajstić information content (AvgIpc) is 2.87. The number of hydrogen-bond acceptors (Lipinski definition) is 7. The van der Waals surface area contributed by atoms with Crippen molar-refractivity contribution in [3.8, 4) is 34.5 Å². The summed E-state index contributed by atoms with van der Waals surface area (Å²) in [5.41, 5.74) is -0.213. The molecule has 0 amide bonds. The molecule has 0 aromatic heterocycles. The summed E-state index contributed by atoms with van der Waals surface area (Å²) >= 11 is 11.8. The monoisotopic (exact) mass is 539 g/mol. The highest BCUT2D eigenvalue weighted by molar-refractivity contribution is 6.32. The Morgan fingerprint density at radius 3 is 1.73 bits per heavy atom. The maximum atomic E-state index is 12.5. The zero-order valence-electron chi connectivity index (χ0n) is 19.3. The molecule has 0 N–H and O–H groups in total. The minimum atomic E-state index is -0.874. The van der Waals surface area contributed by atoms with E-state index >= 15 is 0 Å². The quantitative estimate of drug-likeness (QED) is 0.0923. The second kappa shape index (κ2) is 11.6. The van der Waals surface area contributed by atoms with E-state index in [0.717, 1.165) is 0 Å². The summed E-state index contributed by atoms with van der Waals surface area (Å²) in [7, 11) is 0. The predicted octanol–water partition coefficient (Wildman–Crippen LogP) is 7.86. The van der Waals surface area contributed by atoms with Crippen molar-refractivity contribution in [2.24, 2.45) is 0 Å². The molecule has 37 heavy (non-hydrogen) atoms. The van der Waals surface area contributed by atoms with Crippen LogP contribution in [0.15, 0.2) is 91.0 Å². The molecule has 4 aromatic rings. The number of benzene rings is 4. The van der Waals surface area contributed by atoms with Crippen molar-refractivity contribution in [2.45, 2.75) is 13.0 Å². The van der Waals surface area contributed by atoms with Crippen molar-refractivity contribution in [2.75, 3.05) is 0 Å². The Morgan fingerprint density at radius 1 is 0.730 bits per heavy atom. The van der Waals surface area contributed by atoms with Crippen LogP contribution in [0.3, 0.4) is 0 Å². The van der Waals surface area contributed by atoms with Gasteiger partial charge in [-0.3, -0.25) is 10.1 Å². The lowest BCUT2D eigenvalue weighted by Crippen LogP contribution is -2.28. The molecule has 0 bridgehead atoms. The summed E-state index contributed by atoms with van der Waals surface area (Å²) in [6.07, 6.45) is -0.874. The zero-order valence-corrected chi connectivity index (χ0v) is 20.8. The molecule has 0 spiro atoms. The Morgan fingerprint density at radius 2 is 1.19 bits per heavy atom. The number of nitro benzene ring substituents is 1. The molecule has 0 aliphatic heterocycles. The number of carbonyl (C=O) groups is 1. The second-order valence-electron chi connectivity index (χ2n) is 7.65. The Bertz CT molecular complexity index is 1390. The van der Waals surface area contributed by atoms with Gasteiger partial charge in [-0.15, -0.1) is 0 Å². The van der Waals surface area contributed by atoms with E-state index in [2.05, 4.69) is 0 Å². The van der Waals surface area contributed by atoms with Gasteiger partial charge in [-0.05, 0) is 85.8 Å². The molecule has 0 aliphatic rings. The normalized spacial score (nSPS) is 11.3. The van der Waals surface area contributed by atoms with Gasteiger partial charge in [0, 0.05) is 17.2 Å². The van der Waals surface area contributed by atoms with Gasteiger partial charge in [0.1, 0.15) is 39.5 Å². The zero-order chi connectivity index (χ0) is 26.4. The van der Waals surface area contributed by atoms with E-state index in [4.69, 9.17) is 42.1 Å². The van der Waals surface area contributed by atoms with Crippen LogP contribution in [-0.2, 0) is 4.79 Å². The molecule has 0 fully saturated rings. The van der Waals surface area contributed by atoms with Crippen LogP contribution >= 0.6 is 23.2 Å². The van der Waals surface area contributed by atoms with E-state index in [-0.39, 0.29) is 10.7 Å². The van der Waals surface area contributed by atoms with Gasteiger partial charge in [0.2, 0.25) is 0 Å². The van der Waals surface area contributed by atoms with Gasteiger partial charge >= 0.3 is 5.97 Å². The van der Waals surface area contributed by atoms with Crippen molar-refractivity contribution >= 4 is 34.9 Å². The standard InChI is InChI=1S/C27H19Cl2NO7/c1-17(34-19-6-8-21(9-7-19)35-20-4-2-18(28)3-5-20)27(31)37-23-12-10-22(11-13-23)36-24-14-15-26(30(32)33)25(29)16-24/h2-17H,1H3. The maximum Gasteiger partial charge on any atom is 0.352 e. The average molecular weight is 540 g/mol. The fourth-order valence-corrected chi connectivity index (χ4v) is 3.45. The highest BCUT2D eigenvalue weighted by Crippen LogP contribution is 2.31. The highest BCUT2D eigenvalue weighted by atomic mass is 35.5. The first kappa shape index (κ1) is 25.8. The van der Waals surface area contributed by atoms with E-state index in [1.54, 1.807) is 79.7 Å². The van der Waals surface area contributed by atoms with Crippen LogP contribution in [0.2, 0.25) is 10.0 Å². The number of carbonyl (C=O) groups excluding carboxylic acids is 1. The van der Waals surface area contributed by atoms with Crippen LogP contribution in [0.5, 0.6) is 34.5 Å². The SMILES string of the molecule is CC(Oc1ccc(Oc2ccc(Cl)cc2)cc1)C(=O)Oc1ccc(Oc2ccc([N+](=O)[O-])c(Cl)c2)cc1. The molecule has 8 nitrogen and oxygen atoms in total. The number of rotatable bonds is 9. The van der Waals surface area contributed by atoms with Crippen molar-refractivity contribution < 1.29 is 28.7 Å². The molecule has 0 saturated carbocycles. The molecule has 10 heteroatoms. The minimum absolute atomic E-state index is 0.0363. The summed E-state index contributed by atoms with van der Waals surface area (Å²) in [6, 6.07) is 24.1. The molecular weight excluding hydrogens is 521 g/mol. The summed E-state index contributed by atoms with van der Waals surface area (Å²) in [4.78, 5) is 22.8. The van der Waals surface area contributed by atoms with Gasteiger partial charge in [-0.2, -0.15) is 0 Å². The first-order valence-corrected chi connectivity index (χ1v) is 11.7. The van der Waals surface area contributed by atoms with Crippen LogP contribution in [0, 0.1) is 10.1 Å². The Hall–Kier alpha value is -4.27. The van der Waals surface area contributed by atoms with Crippen LogP contribution in [0.4, 0.5) is 5.69 Å². The summed E-state index contributed by atoms with van der Waals surface area (Å²) < 4.78 is 22.4. The highest BCUT2D eigenvalue weighted by Gasteiger charge is 2.18. The number of nitrogens with zero attached hydrogens (tertiary/aromatic N) is 1. The largest absolute Gasteiger partial charge is 0.479 e. The molecule has 4 aromatic carbocycles. The van der Waals surface area contributed by atoms with Crippen molar-refractivity contribution in [1.29, 1.82) is 0 Å². The van der Waals surface area contributed by atoms with E-state index < -0.39 is 17.0 Å². The van der Waals surface area contributed by atoms with Crippen molar-refractivity contribution in [3.05, 3.63) is 111 Å². The third-order valence-electron chi connectivity index (χ3n) is 4.91. The smallest absolute Gasteiger partial charge is 0.352 e. The molecular formula is C27H19Cl2NO7. The predicted molar refractivity (Wildman–Crippen MR) is 138 cm³/mol. The van der Waals surface area contributed by atoms with E-state index in [1.807, 2.05) is 0 Å². The topological polar surface area (TPSA) is 97.1 Å². The number of ether oxygens (including phenoxy) is 4. The molecule has 0 aliphatic carbocycles. The van der Waals surface area contributed by atoms with Crippen molar-refractivity contribution in [1.82, 2.24) is 0 Å². The molecule has 0 radical (unpaired) electrons. The van der Waals surface area contributed by atoms with E-state index in [1.165, 1.54) is 18.2 Å². The van der Waals surface area contributed by atoms with Crippen LogP contribution < -0.4 is 18.9 Å². The second-order valence-corrected chi connectivity index (χ2v) is 8.50. The number of hydrogen-bond donors (Lipinski definition) is 0. The summed E-state index contributed by atoms with van der Waals surface area (Å²) in [5, 5.41) is 11.5. The molecule has 1 atom stereocenters. The lowest BCUT2D eigenvalue weighted by molar-refractivity contribution is -0.384. The first-order valence-electron chi connectivity index (χ1n) is 10.9. The van der Waals surface area contributed by atoms with Gasteiger partial charge < -0.3 is 18.9 Å². The minimum Gasteiger partial charge on any atom is -0.479 e. The van der Waals surface area contributed by atoms with Crippen LogP contribution in [0.25, 0.3) is 0 Å². The Kier molecular flexibility index (Phi) is 8.12. The lowest BCUT2D eigenvalue weighted by atomic mass is 10.3. The fraction of sp³-hybridized carbons (Fsp3) is 0.0741. The maximum absolute atomic E-state index is 12.5.